The first-order valence-electron chi connectivity index (χ1n) is 5.41. The van der Waals surface area contributed by atoms with E-state index in [1.165, 1.54) is 0 Å². The first kappa shape index (κ1) is 16.3. The molecule has 0 saturated carbocycles. The Morgan fingerprint density at radius 2 is 1.19 bits per heavy atom. The zero-order valence-electron chi connectivity index (χ0n) is 11.8. The molecule has 0 atom stereocenters. The Balaban J connectivity index is 4.92. The molecule has 0 aliphatic rings. The van der Waals surface area contributed by atoms with Crippen LogP contribution in [0.2, 0.25) is 24.2 Å². The predicted octanol–water partition coefficient (Wildman–Crippen LogP) is 2.50. The molecule has 0 saturated heterocycles. The molecule has 0 bridgehead atoms. The molecule has 4 nitrogen and oxygen atoms in total. The predicted molar refractivity (Wildman–Crippen MR) is 70.1 cm³/mol. The van der Waals surface area contributed by atoms with E-state index in [9.17, 15) is 0 Å². The summed E-state index contributed by atoms with van der Waals surface area (Å²) in [6.07, 6.45) is 0. The highest BCUT2D eigenvalue weighted by Crippen LogP contribution is 2.45. The van der Waals surface area contributed by atoms with Crippen molar-refractivity contribution < 1.29 is 17.7 Å². The van der Waals surface area contributed by atoms with Crippen molar-refractivity contribution in [2.24, 2.45) is 0 Å². The molecule has 0 rings (SSSR count). The largest absolute Gasteiger partial charge is 0.398 e. The van der Waals surface area contributed by atoms with Gasteiger partial charge in [-0.1, -0.05) is 13.8 Å². The van der Waals surface area contributed by atoms with E-state index >= 15 is 0 Å². The summed E-state index contributed by atoms with van der Waals surface area (Å²) in [6, 6.07) is 0.859. The molecule has 16 heavy (non-hydrogen) atoms. The lowest BCUT2D eigenvalue weighted by atomic mass is 10.2. The van der Waals surface area contributed by atoms with Crippen molar-refractivity contribution in [2.45, 2.75) is 38.0 Å². The summed E-state index contributed by atoms with van der Waals surface area (Å²) in [6.45, 7) is 8.47. The van der Waals surface area contributed by atoms with Gasteiger partial charge in [0.25, 0.3) is 0 Å². The summed E-state index contributed by atoms with van der Waals surface area (Å²) in [7, 11) is 2.57. The Morgan fingerprint density at radius 1 is 0.812 bits per heavy atom. The summed E-state index contributed by atoms with van der Waals surface area (Å²) in [4.78, 5) is 0. The van der Waals surface area contributed by atoms with E-state index in [-0.39, 0.29) is 5.04 Å². The van der Waals surface area contributed by atoms with Crippen LogP contribution in [-0.2, 0) is 17.7 Å². The van der Waals surface area contributed by atoms with E-state index < -0.39 is 17.1 Å². The second-order valence-electron chi connectivity index (χ2n) is 4.96. The monoisotopic (exact) mass is 266 g/mol. The van der Waals surface area contributed by atoms with Gasteiger partial charge >= 0.3 is 17.1 Å². The SMILES string of the molecule is CO[Si](C)(CC(C)(C)[Si](C)(OC)OC)OC. The van der Waals surface area contributed by atoms with Crippen LogP contribution in [0.25, 0.3) is 0 Å². The Kier molecular flexibility index (Phi) is 5.84. The minimum Gasteiger partial charge on any atom is -0.398 e. The normalized spacial score (nSPS) is 14.2. The van der Waals surface area contributed by atoms with Crippen molar-refractivity contribution in [3.8, 4) is 0 Å². The molecule has 0 aromatic heterocycles. The highest BCUT2D eigenvalue weighted by atomic mass is 28.4. The van der Waals surface area contributed by atoms with Crippen molar-refractivity contribution in [3.63, 3.8) is 0 Å². The topological polar surface area (TPSA) is 36.9 Å². The zero-order chi connectivity index (χ0) is 13.0. The maximum Gasteiger partial charge on any atom is 0.340 e. The van der Waals surface area contributed by atoms with Crippen molar-refractivity contribution in [2.75, 3.05) is 28.4 Å². The molecule has 0 spiro atoms. The molecule has 0 aliphatic carbocycles. The van der Waals surface area contributed by atoms with Gasteiger partial charge < -0.3 is 17.7 Å². The minimum absolute atomic E-state index is 0.0521. The fraction of sp³-hybridized carbons (Fsp3) is 1.00. The fourth-order valence-electron chi connectivity index (χ4n) is 1.83. The maximum absolute atomic E-state index is 5.61. The van der Waals surface area contributed by atoms with Crippen molar-refractivity contribution in [1.82, 2.24) is 0 Å². The van der Waals surface area contributed by atoms with E-state index in [0.717, 1.165) is 6.04 Å². The van der Waals surface area contributed by atoms with Crippen LogP contribution in [0.1, 0.15) is 13.8 Å². The molecule has 0 aliphatic heterocycles. The number of hydrogen-bond acceptors (Lipinski definition) is 4. The third-order valence-corrected chi connectivity index (χ3v) is 11.4. The van der Waals surface area contributed by atoms with Crippen LogP contribution in [0.3, 0.4) is 0 Å². The third-order valence-electron chi connectivity index (χ3n) is 3.64. The smallest absolute Gasteiger partial charge is 0.340 e. The van der Waals surface area contributed by atoms with Crippen LogP contribution in [0, 0.1) is 0 Å². The van der Waals surface area contributed by atoms with E-state index in [2.05, 4.69) is 26.9 Å². The first-order valence-corrected chi connectivity index (χ1v) is 10.2. The van der Waals surface area contributed by atoms with Crippen LogP contribution in [-0.4, -0.2) is 45.6 Å². The van der Waals surface area contributed by atoms with Crippen LogP contribution in [0.5, 0.6) is 0 Å². The molecular weight excluding hydrogens is 240 g/mol. The molecule has 0 radical (unpaired) electrons. The Labute approximate surface area is 102 Å². The summed E-state index contributed by atoms with van der Waals surface area (Å²) in [5.41, 5.74) is 0. The van der Waals surface area contributed by atoms with Crippen molar-refractivity contribution in [3.05, 3.63) is 0 Å². The van der Waals surface area contributed by atoms with Crippen LogP contribution in [0.4, 0.5) is 0 Å². The third kappa shape index (κ3) is 3.38. The van der Waals surface area contributed by atoms with Crippen molar-refractivity contribution in [1.29, 1.82) is 0 Å². The quantitative estimate of drug-likeness (QED) is 0.664. The molecule has 0 unspecified atom stereocenters. The van der Waals surface area contributed by atoms with Crippen LogP contribution in [0.15, 0.2) is 0 Å². The molecule has 0 aromatic carbocycles. The number of rotatable bonds is 7. The molecule has 6 heteroatoms. The molecule has 0 N–H and O–H groups in total. The summed E-state index contributed by atoms with van der Waals surface area (Å²) in [5, 5.41) is -0.0521. The standard InChI is InChI=1S/C10H26O4Si2/c1-10(2,16(8,13-5)14-6)9-15(7,11-3)12-4/h9H2,1-8H3. The van der Waals surface area contributed by atoms with Gasteiger partial charge in [-0.05, 0) is 19.1 Å². The minimum atomic E-state index is -2.19. The highest BCUT2D eigenvalue weighted by Gasteiger charge is 2.51. The van der Waals surface area contributed by atoms with Gasteiger partial charge in [-0.25, -0.2) is 0 Å². The van der Waals surface area contributed by atoms with Gasteiger partial charge in [0.05, 0.1) is 0 Å². The van der Waals surface area contributed by atoms with Gasteiger partial charge in [-0.3, -0.25) is 0 Å². The average molecular weight is 266 g/mol. The van der Waals surface area contributed by atoms with Crippen LogP contribution < -0.4 is 0 Å². The summed E-state index contributed by atoms with van der Waals surface area (Å²) < 4.78 is 22.3. The van der Waals surface area contributed by atoms with Gasteiger partial charge in [0.2, 0.25) is 0 Å². The van der Waals surface area contributed by atoms with Gasteiger partial charge in [0.15, 0.2) is 0 Å². The first-order chi connectivity index (χ1) is 7.20. The molecular formula is C10H26O4Si2. The van der Waals surface area contributed by atoms with Crippen LogP contribution >= 0.6 is 0 Å². The van der Waals surface area contributed by atoms with Gasteiger partial charge in [0, 0.05) is 33.5 Å². The lowest BCUT2D eigenvalue weighted by Gasteiger charge is -2.42. The molecule has 0 fully saturated rings. The second-order valence-corrected chi connectivity index (χ2v) is 12.5. The lowest BCUT2D eigenvalue weighted by Crippen LogP contribution is -2.51. The van der Waals surface area contributed by atoms with Gasteiger partial charge in [-0.15, -0.1) is 0 Å². The van der Waals surface area contributed by atoms with Crippen molar-refractivity contribution >= 4 is 17.1 Å². The van der Waals surface area contributed by atoms with E-state index in [1.807, 2.05) is 0 Å². The van der Waals surface area contributed by atoms with E-state index in [1.54, 1.807) is 28.4 Å². The molecule has 0 aromatic rings. The number of hydrogen-bond donors (Lipinski definition) is 0. The van der Waals surface area contributed by atoms with E-state index in [4.69, 9.17) is 17.7 Å². The Morgan fingerprint density at radius 3 is 1.44 bits per heavy atom. The fourth-order valence-corrected chi connectivity index (χ4v) is 7.41. The molecule has 98 valence electrons. The molecule has 0 amide bonds. The Bertz CT molecular complexity index is 213. The molecule has 0 heterocycles. The maximum atomic E-state index is 5.61. The Hall–Kier alpha value is 0.274. The summed E-state index contributed by atoms with van der Waals surface area (Å²) in [5.74, 6) is 0. The van der Waals surface area contributed by atoms with Gasteiger partial charge in [0.1, 0.15) is 0 Å². The summed E-state index contributed by atoms with van der Waals surface area (Å²) >= 11 is 0. The van der Waals surface area contributed by atoms with Gasteiger partial charge in [-0.2, -0.15) is 0 Å². The average Bonchev–Trinajstić information content (AvgIpc) is 2.26. The lowest BCUT2D eigenvalue weighted by molar-refractivity contribution is 0.206. The zero-order valence-corrected chi connectivity index (χ0v) is 13.8. The van der Waals surface area contributed by atoms with E-state index in [0.29, 0.717) is 0 Å². The second kappa shape index (κ2) is 5.74. The highest BCUT2D eigenvalue weighted by molar-refractivity contribution is 6.74.